The number of anilines is 1. The summed E-state index contributed by atoms with van der Waals surface area (Å²) in [6.45, 7) is -0.229. The summed E-state index contributed by atoms with van der Waals surface area (Å²) < 4.78 is 5.65. The Morgan fingerprint density at radius 1 is 0.882 bits per heavy atom. The number of para-hydroxylation sites is 1. The van der Waals surface area contributed by atoms with E-state index in [4.69, 9.17) is 27.9 Å². The van der Waals surface area contributed by atoms with E-state index in [1.807, 2.05) is 36.4 Å². The van der Waals surface area contributed by atoms with Crippen molar-refractivity contribution in [1.29, 1.82) is 0 Å². The van der Waals surface area contributed by atoms with Gasteiger partial charge in [-0.25, -0.2) is 5.43 Å². The topological polar surface area (TPSA) is 79.8 Å². The minimum absolute atomic E-state index is 0.229. The van der Waals surface area contributed by atoms with Crippen LogP contribution < -0.4 is 15.5 Å². The Morgan fingerprint density at radius 3 is 2.50 bits per heavy atom. The van der Waals surface area contributed by atoms with Crippen LogP contribution in [-0.2, 0) is 4.79 Å². The number of carbonyl (C=O) groups is 2. The number of nitrogens with one attached hydrogen (secondary N) is 2. The zero-order valence-electron chi connectivity index (χ0n) is 17.8. The van der Waals surface area contributed by atoms with Crippen molar-refractivity contribution >= 4 is 57.7 Å². The molecule has 0 radical (unpaired) electrons. The Bertz CT molecular complexity index is 1380. The summed E-state index contributed by atoms with van der Waals surface area (Å²) in [4.78, 5) is 24.9. The number of halogens is 2. The van der Waals surface area contributed by atoms with E-state index in [2.05, 4.69) is 15.8 Å². The number of amides is 2. The minimum atomic E-state index is -0.366. The average Bonchev–Trinajstić information content (AvgIpc) is 2.85. The zero-order chi connectivity index (χ0) is 23.9. The first-order chi connectivity index (χ1) is 16.5. The fourth-order valence-corrected chi connectivity index (χ4v) is 3.58. The van der Waals surface area contributed by atoms with Crippen LogP contribution >= 0.6 is 23.2 Å². The van der Waals surface area contributed by atoms with E-state index >= 15 is 0 Å². The van der Waals surface area contributed by atoms with Gasteiger partial charge in [0, 0.05) is 16.8 Å². The van der Waals surface area contributed by atoms with E-state index < -0.39 is 0 Å². The largest absolute Gasteiger partial charge is 0.483 e. The Morgan fingerprint density at radius 2 is 1.65 bits per heavy atom. The van der Waals surface area contributed by atoms with Gasteiger partial charge >= 0.3 is 0 Å². The van der Waals surface area contributed by atoms with Crippen LogP contribution in [0.15, 0.2) is 90.0 Å². The van der Waals surface area contributed by atoms with Crippen molar-refractivity contribution in [3.05, 3.63) is 106 Å². The number of hydrogen-bond donors (Lipinski definition) is 2. The maximum atomic E-state index is 12.6. The molecule has 4 aromatic carbocycles. The van der Waals surface area contributed by atoms with Crippen LogP contribution in [0.3, 0.4) is 0 Å². The average molecular weight is 492 g/mol. The highest BCUT2D eigenvalue weighted by atomic mass is 35.5. The monoisotopic (exact) mass is 491 g/mol. The molecule has 2 amide bonds. The van der Waals surface area contributed by atoms with E-state index in [1.54, 1.807) is 48.5 Å². The highest BCUT2D eigenvalue weighted by Crippen LogP contribution is 2.25. The van der Waals surface area contributed by atoms with Gasteiger partial charge in [0.15, 0.2) is 6.61 Å². The Balaban J connectivity index is 1.38. The Kier molecular flexibility index (Phi) is 7.42. The molecule has 170 valence electrons. The van der Waals surface area contributed by atoms with Crippen LogP contribution in [0.1, 0.15) is 15.9 Å². The normalized spacial score (nSPS) is 10.9. The highest BCUT2D eigenvalue weighted by molar-refractivity contribution is 6.42. The van der Waals surface area contributed by atoms with Gasteiger partial charge in [-0.2, -0.15) is 5.10 Å². The predicted molar refractivity (Wildman–Crippen MR) is 136 cm³/mol. The lowest BCUT2D eigenvalue weighted by molar-refractivity contribution is -0.118. The second-order valence-corrected chi connectivity index (χ2v) is 8.04. The molecule has 4 rings (SSSR count). The summed E-state index contributed by atoms with van der Waals surface area (Å²) in [5, 5.41) is 9.31. The quantitative estimate of drug-likeness (QED) is 0.248. The van der Waals surface area contributed by atoms with Crippen molar-refractivity contribution in [2.75, 3.05) is 11.9 Å². The van der Waals surface area contributed by atoms with Crippen molar-refractivity contribution in [2.45, 2.75) is 0 Å². The molecular weight excluding hydrogens is 473 g/mol. The lowest BCUT2D eigenvalue weighted by Crippen LogP contribution is -2.20. The van der Waals surface area contributed by atoms with Crippen LogP contribution in [0.2, 0.25) is 10.0 Å². The number of ether oxygens (including phenoxy) is 1. The SMILES string of the molecule is O=C(COc1ccccc1/C=N/NC(=O)c1cccc2ccccc12)Nc1ccc(Cl)c(Cl)c1. The van der Waals surface area contributed by atoms with E-state index in [1.165, 1.54) is 6.21 Å². The molecule has 6 nitrogen and oxygen atoms in total. The van der Waals surface area contributed by atoms with Gasteiger partial charge in [0.2, 0.25) is 0 Å². The summed E-state index contributed by atoms with van der Waals surface area (Å²) in [6, 6.07) is 25.0. The van der Waals surface area contributed by atoms with E-state index in [-0.39, 0.29) is 18.4 Å². The van der Waals surface area contributed by atoms with Crippen molar-refractivity contribution in [3.63, 3.8) is 0 Å². The molecule has 0 aliphatic carbocycles. The van der Waals surface area contributed by atoms with Crippen LogP contribution in [0, 0.1) is 0 Å². The number of hydrogen-bond acceptors (Lipinski definition) is 4. The van der Waals surface area contributed by atoms with E-state index in [9.17, 15) is 9.59 Å². The van der Waals surface area contributed by atoms with Crippen LogP contribution in [0.4, 0.5) is 5.69 Å². The molecule has 0 bridgehead atoms. The lowest BCUT2D eigenvalue weighted by atomic mass is 10.0. The number of rotatable bonds is 7. The molecule has 0 saturated carbocycles. The first-order valence-electron chi connectivity index (χ1n) is 10.3. The molecule has 34 heavy (non-hydrogen) atoms. The van der Waals surface area contributed by atoms with Crippen LogP contribution in [0.25, 0.3) is 10.8 Å². The number of hydrazone groups is 1. The van der Waals surface area contributed by atoms with Crippen molar-refractivity contribution in [1.82, 2.24) is 5.43 Å². The fourth-order valence-electron chi connectivity index (χ4n) is 3.28. The Hall–Kier alpha value is -3.87. The Labute approximate surface area is 206 Å². The minimum Gasteiger partial charge on any atom is -0.483 e. The fraction of sp³-hybridized carbons (Fsp3) is 0.0385. The predicted octanol–water partition coefficient (Wildman–Crippen LogP) is 5.93. The van der Waals surface area contributed by atoms with Gasteiger partial charge < -0.3 is 10.1 Å². The molecule has 0 aromatic heterocycles. The van der Waals surface area contributed by atoms with Gasteiger partial charge in [0.05, 0.1) is 16.3 Å². The molecule has 4 aromatic rings. The van der Waals surface area contributed by atoms with Gasteiger partial charge in [-0.15, -0.1) is 0 Å². The number of nitrogens with zero attached hydrogens (tertiary/aromatic N) is 1. The molecule has 0 saturated heterocycles. The van der Waals surface area contributed by atoms with Gasteiger partial charge in [-0.05, 0) is 47.2 Å². The molecule has 0 heterocycles. The summed E-state index contributed by atoms with van der Waals surface area (Å²) in [7, 11) is 0. The molecule has 0 atom stereocenters. The summed E-state index contributed by atoms with van der Waals surface area (Å²) in [5.74, 6) is -0.253. The van der Waals surface area contributed by atoms with Crippen molar-refractivity contribution in [3.8, 4) is 5.75 Å². The third kappa shape index (κ3) is 5.73. The maximum Gasteiger partial charge on any atom is 0.271 e. The highest BCUT2D eigenvalue weighted by Gasteiger charge is 2.10. The third-order valence-corrected chi connectivity index (χ3v) is 5.62. The number of carbonyl (C=O) groups excluding carboxylic acids is 2. The summed E-state index contributed by atoms with van der Waals surface area (Å²) in [5.41, 5.74) is 4.18. The van der Waals surface area contributed by atoms with Crippen LogP contribution in [-0.4, -0.2) is 24.6 Å². The van der Waals surface area contributed by atoms with Crippen LogP contribution in [0.5, 0.6) is 5.75 Å². The molecule has 0 fully saturated rings. The molecule has 2 N–H and O–H groups in total. The third-order valence-electron chi connectivity index (χ3n) is 4.89. The van der Waals surface area contributed by atoms with Gasteiger partial charge in [0.1, 0.15) is 5.75 Å². The first-order valence-corrected chi connectivity index (χ1v) is 11.0. The zero-order valence-corrected chi connectivity index (χ0v) is 19.3. The van der Waals surface area contributed by atoms with Crippen molar-refractivity contribution in [2.24, 2.45) is 5.10 Å². The lowest BCUT2D eigenvalue weighted by Gasteiger charge is -2.10. The maximum absolute atomic E-state index is 12.6. The standard InChI is InChI=1S/C26H19Cl2N3O3/c27-22-13-12-19(14-23(22)28)30-25(32)16-34-24-11-4-2-7-18(24)15-29-31-26(33)21-10-5-8-17-6-1-3-9-20(17)21/h1-15H,16H2,(H,30,32)(H,31,33)/b29-15+. The molecular formula is C26H19Cl2N3O3. The first kappa shape index (κ1) is 23.3. The molecule has 0 aliphatic heterocycles. The number of benzene rings is 4. The van der Waals surface area contributed by atoms with E-state index in [0.717, 1.165) is 10.8 Å². The molecule has 8 heteroatoms. The van der Waals surface area contributed by atoms with Gasteiger partial charge in [-0.3, -0.25) is 9.59 Å². The second-order valence-electron chi connectivity index (χ2n) is 7.23. The van der Waals surface area contributed by atoms with E-state index in [0.29, 0.717) is 32.6 Å². The molecule has 0 aliphatic rings. The van der Waals surface area contributed by atoms with Gasteiger partial charge in [-0.1, -0.05) is 71.7 Å². The van der Waals surface area contributed by atoms with Crippen molar-refractivity contribution < 1.29 is 14.3 Å². The second kappa shape index (κ2) is 10.8. The van der Waals surface area contributed by atoms with Gasteiger partial charge in [0.25, 0.3) is 11.8 Å². The molecule has 0 unspecified atom stereocenters. The number of fused-ring (bicyclic) bond motifs is 1. The summed E-state index contributed by atoms with van der Waals surface area (Å²) >= 11 is 11.9. The smallest absolute Gasteiger partial charge is 0.271 e. The summed E-state index contributed by atoms with van der Waals surface area (Å²) in [6.07, 6.45) is 1.47. The molecule has 0 spiro atoms.